The molecule has 0 aliphatic heterocycles. The first-order chi connectivity index (χ1) is 8.69. The van der Waals surface area contributed by atoms with Crippen molar-refractivity contribution in [1.29, 1.82) is 0 Å². The third kappa shape index (κ3) is 5.16. The minimum Gasteiger partial charge on any atom is -0.460 e. The number of hydrogen-bond acceptors (Lipinski definition) is 3. The van der Waals surface area contributed by atoms with E-state index in [0.29, 0.717) is 0 Å². The molecular weight excluding hydrogens is 254 g/mol. The van der Waals surface area contributed by atoms with Crippen LogP contribution in [0.25, 0.3) is 0 Å². The van der Waals surface area contributed by atoms with Gasteiger partial charge in [-0.3, -0.25) is 9.59 Å². The van der Waals surface area contributed by atoms with Gasteiger partial charge in [0.15, 0.2) is 5.78 Å². The van der Waals surface area contributed by atoms with E-state index < -0.39 is 29.0 Å². The maximum atomic E-state index is 13.3. The van der Waals surface area contributed by atoms with Crippen molar-refractivity contribution in [3.63, 3.8) is 0 Å². The zero-order valence-corrected chi connectivity index (χ0v) is 11.1. The van der Waals surface area contributed by atoms with Crippen LogP contribution in [0.1, 0.15) is 44.0 Å². The first-order valence-corrected chi connectivity index (χ1v) is 5.89. The second kappa shape index (κ2) is 5.91. The number of carbonyl (C=O) groups is 2. The Balaban J connectivity index is 2.61. The molecule has 1 aromatic rings. The summed E-state index contributed by atoms with van der Waals surface area (Å²) in [5, 5.41) is 0. The Kier molecular flexibility index (Phi) is 4.75. The van der Waals surface area contributed by atoms with Gasteiger partial charge in [-0.1, -0.05) is 0 Å². The van der Waals surface area contributed by atoms with Crippen LogP contribution in [0.3, 0.4) is 0 Å². The van der Waals surface area contributed by atoms with Gasteiger partial charge in [0.25, 0.3) is 0 Å². The lowest BCUT2D eigenvalue weighted by Gasteiger charge is -2.19. The molecule has 0 fully saturated rings. The zero-order chi connectivity index (χ0) is 14.6. The molecule has 0 unspecified atom stereocenters. The summed E-state index contributed by atoms with van der Waals surface area (Å²) < 4.78 is 31.2. The second-order valence-electron chi connectivity index (χ2n) is 5.13. The molecule has 19 heavy (non-hydrogen) atoms. The summed E-state index contributed by atoms with van der Waals surface area (Å²) in [5.74, 6) is -2.65. The fraction of sp³-hybridized carbons (Fsp3) is 0.429. The molecule has 3 nitrogen and oxygen atoms in total. The van der Waals surface area contributed by atoms with E-state index in [1.165, 1.54) is 0 Å². The van der Waals surface area contributed by atoms with Gasteiger partial charge in [0.2, 0.25) is 0 Å². The highest BCUT2D eigenvalue weighted by Crippen LogP contribution is 2.14. The Morgan fingerprint density at radius 1 is 1.16 bits per heavy atom. The Morgan fingerprint density at radius 3 is 2.37 bits per heavy atom. The molecule has 1 aromatic carbocycles. The highest BCUT2D eigenvalue weighted by atomic mass is 19.1. The van der Waals surface area contributed by atoms with Crippen molar-refractivity contribution in [2.24, 2.45) is 0 Å². The number of carbonyl (C=O) groups excluding carboxylic acids is 2. The predicted octanol–water partition coefficient (Wildman–Crippen LogP) is 3.27. The van der Waals surface area contributed by atoms with E-state index in [1.54, 1.807) is 20.8 Å². The Hall–Kier alpha value is -1.78. The highest BCUT2D eigenvalue weighted by molar-refractivity contribution is 5.97. The Morgan fingerprint density at radius 2 is 1.79 bits per heavy atom. The molecule has 5 heteroatoms. The zero-order valence-electron chi connectivity index (χ0n) is 11.1. The van der Waals surface area contributed by atoms with Crippen molar-refractivity contribution in [3.05, 3.63) is 35.4 Å². The third-order valence-electron chi connectivity index (χ3n) is 2.21. The summed E-state index contributed by atoms with van der Waals surface area (Å²) >= 11 is 0. The lowest BCUT2D eigenvalue weighted by molar-refractivity contribution is -0.154. The van der Waals surface area contributed by atoms with Gasteiger partial charge >= 0.3 is 5.97 Å². The van der Waals surface area contributed by atoms with E-state index in [2.05, 4.69) is 0 Å². The minimum absolute atomic E-state index is 0.161. The van der Waals surface area contributed by atoms with E-state index >= 15 is 0 Å². The number of halogens is 2. The minimum atomic E-state index is -0.796. The maximum Gasteiger partial charge on any atom is 0.306 e. The molecule has 0 saturated carbocycles. The summed E-state index contributed by atoms with van der Waals surface area (Å²) in [6.07, 6.45) is -0.374. The van der Waals surface area contributed by atoms with Crippen LogP contribution in [-0.2, 0) is 9.53 Å². The molecule has 0 N–H and O–H groups in total. The molecule has 0 aliphatic carbocycles. The van der Waals surface area contributed by atoms with Crippen molar-refractivity contribution in [3.8, 4) is 0 Å². The normalized spacial score (nSPS) is 11.2. The largest absolute Gasteiger partial charge is 0.460 e. The number of benzene rings is 1. The third-order valence-corrected chi connectivity index (χ3v) is 2.21. The van der Waals surface area contributed by atoms with Crippen molar-refractivity contribution >= 4 is 11.8 Å². The van der Waals surface area contributed by atoms with Gasteiger partial charge in [-0.15, -0.1) is 0 Å². The summed E-state index contributed by atoms with van der Waals surface area (Å²) in [5.41, 5.74) is -0.979. The molecule has 0 atom stereocenters. The van der Waals surface area contributed by atoms with Crippen LogP contribution in [0, 0.1) is 11.6 Å². The van der Waals surface area contributed by atoms with Crippen LogP contribution < -0.4 is 0 Å². The fourth-order valence-electron chi connectivity index (χ4n) is 1.45. The molecule has 104 valence electrons. The standard InChI is InChI=1S/C14H16F2O3/c1-14(2,3)19-13(18)7-6-12(17)10-8-9(15)4-5-11(10)16/h4-5,8H,6-7H2,1-3H3. The molecule has 0 aromatic heterocycles. The SMILES string of the molecule is CC(C)(C)OC(=O)CCC(=O)c1cc(F)ccc1F. The van der Waals surface area contributed by atoms with Gasteiger partial charge in [-0.25, -0.2) is 8.78 Å². The first-order valence-electron chi connectivity index (χ1n) is 5.89. The van der Waals surface area contributed by atoms with E-state index in [-0.39, 0.29) is 18.4 Å². The maximum absolute atomic E-state index is 13.3. The summed E-state index contributed by atoms with van der Waals surface area (Å²) in [6, 6.07) is 2.64. The summed E-state index contributed by atoms with van der Waals surface area (Å²) in [7, 11) is 0. The smallest absolute Gasteiger partial charge is 0.306 e. The number of ether oxygens (including phenoxy) is 1. The van der Waals surface area contributed by atoms with Gasteiger partial charge in [0.05, 0.1) is 12.0 Å². The molecule has 0 aliphatic rings. The number of esters is 1. The molecule has 0 heterocycles. The van der Waals surface area contributed by atoms with Crippen molar-refractivity contribution in [2.75, 3.05) is 0 Å². The van der Waals surface area contributed by atoms with E-state index in [4.69, 9.17) is 4.74 Å². The van der Waals surface area contributed by atoms with Crippen LogP contribution in [0.5, 0.6) is 0 Å². The van der Waals surface area contributed by atoms with E-state index in [9.17, 15) is 18.4 Å². The van der Waals surface area contributed by atoms with Crippen LogP contribution in [-0.4, -0.2) is 17.4 Å². The first kappa shape index (κ1) is 15.3. The molecular formula is C14H16F2O3. The van der Waals surface area contributed by atoms with Gasteiger partial charge in [0.1, 0.15) is 17.2 Å². The number of ketones is 1. The highest BCUT2D eigenvalue weighted by Gasteiger charge is 2.19. The fourth-order valence-corrected chi connectivity index (χ4v) is 1.45. The van der Waals surface area contributed by atoms with E-state index in [1.807, 2.05) is 0 Å². The van der Waals surface area contributed by atoms with Gasteiger partial charge < -0.3 is 4.74 Å². The van der Waals surface area contributed by atoms with E-state index in [0.717, 1.165) is 18.2 Å². The predicted molar refractivity (Wildman–Crippen MR) is 65.8 cm³/mol. The lowest BCUT2D eigenvalue weighted by atomic mass is 10.1. The quantitative estimate of drug-likeness (QED) is 0.623. The average molecular weight is 270 g/mol. The number of Topliss-reactive ketones (excluding diaryl/α,β-unsaturated/α-hetero) is 1. The van der Waals surface area contributed by atoms with Crippen LogP contribution >= 0.6 is 0 Å². The molecule has 0 radical (unpaired) electrons. The van der Waals surface area contributed by atoms with Gasteiger partial charge in [0, 0.05) is 6.42 Å². The monoisotopic (exact) mass is 270 g/mol. The molecule has 1 rings (SSSR count). The number of hydrogen-bond donors (Lipinski definition) is 0. The summed E-state index contributed by atoms with van der Waals surface area (Å²) in [6.45, 7) is 5.12. The van der Waals surface area contributed by atoms with Crippen molar-refractivity contribution in [2.45, 2.75) is 39.2 Å². The van der Waals surface area contributed by atoms with Crippen LogP contribution in [0.4, 0.5) is 8.78 Å². The Labute approximate surface area is 110 Å². The van der Waals surface area contributed by atoms with Crippen molar-refractivity contribution < 1.29 is 23.1 Å². The topological polar surface area (TPSA) is 43.4 Å². The van der Waals surface area contributed by atoms with Crippen LogP contribution in [0.15, 0.2) is 18.2 Å². The van der Waals surface area contributed by atoms with Gasteiger partial charge in [-0.2, -0.15) is 0 Å². The van der Waals surface area contributed by atoms with Crippen LogP contribution in [0.2, 0.25) is 0 Å². The molecule has 0 spiro atoms. The van der Waals surface area contributed by atoms with Crippen molar-refractivity contribution in [1.82, 2.24) is 0 Å². The average Bonchev–Trinajstić information content (AvgIpc) is 2.27. The molecule has 0 bridgehead atoms. The Bertz CT molecular complexity index is 490. The molecule has 0 amide bonds. The number of rotatable bonds is 4. The van der Waals surface area contributed by atoms with Gasteiger partial charge in [-0.05, 0) is 39.0 Å². The summed E-state index contributed by atoms with van der Waals surface area (Å²) in [4.78, 5) is 23.1. The molecule has 0 saturated heterocycles. The second-order valence-corrected chi connectivity index (χ2v) is 5.13. The lowest BCUT2D eigenvalue weighted by Crippen LogP contribution is -2.24.